The smallest absolute Gasteiger partial charge is 0.409 e. The van der Waals surface area contributed by atoms with Gasteiger partial charge in [0.2, 0.25) is 10.0 Å². The van der Waals surface area contributed by atoms with Gasteiger partial charge in [0.05, 0.1) is 17.3 Å². The zero-order valence-electron chi connectivity index (χ0n) is 16.6. The summed E-state index contributed by atoms with van der Waals surface area (Å²) in [6, 6.07) is 4.14. The van der Waals surface area contributed by atoms with Crippen LogP contribution in [0.25, 0.3) is 22.2 Å². The van der Waals surface area contributed by atoms with E-state index in [1.807, 2.05) is 16.1 Å². The standard InChI is InChI=1S/C19H21FN6O4S/c1-31(29,30)25-6-4-12(5-7-25)26-9-13(16-17(21)22-10-23-18(16)26)11-2-3-15(14(20)8-11)24-19(27)28/h2-3,8-10,12,24H,4-7H2,1H3,(H,27,28)(H2,21,22,23). The van der Waals surface area contributed by atoms with E-state index in [1.165, 1.54) is 29.0 Å². The van der Waals surface area contributed by atoms with Crippen LogP contribution in [0.4, 0.5) is 20.7 Å². The summed E-state index contributed by atoms with van der Waals surface area (Å²) >= 11 is 0. The van der Waals surface area contributed by atoms with Gasteiger partial charge in [-0.1, -0.05) is 6.07 Å². The van der Waals surface area contributed by atoms with Gasteiger partial charge >= 0.3 is 6.09 Å². The minimum Gasteiger partial charge on any atom is -0.465 e. The quantitative estimate of drug-likeness (QED) is 0.556. The lowest BCUT2D eigenvalue weighted by Gasteiger charge is -2.31. The van der Waals surface area contributed by atoms with E-state index in [9.17, 15) is 17.6 Å². The molecular weight excluding hydrogens is 427 g/mol. The summed E-state index contributed by atoms with van der Waals surface area (Å²) < 4.78 is 41.5. The van der Waals surface area contributed by atoms with Crippen LogP contribution in [-0.2, 0) is 10.0 Å². The lowest BCUT2D eigenvalue weighted by molar-refractivity contribution is 0.209. The van der Waals surface area contributed by atoms with Gasteiger partial charge in [0.15, 0.2) is 0 Å². The molecule has 1 aliphatic heterocycles. The van der Waals surface area contributed by atoms with Crippen LogP contribution in [0.2, 0.25) is 0 Å². The van der Waals surface area contributed by atoms with Crippen molar-refractivity contribution in [1.29, 1.82) is 0 Å². The highest BCUT2D eigenvalue weighted by Gasteiger charge is 2.28. The molecule has 0 aliphatic carbocycles. The van der Waals surface area contributed by atoms with Crippen LogP contribution in [0.1, 0.15) is 18.9 Å². The maximum atomic E-state index is 14.5. The zero-order chi connectivity index (χ0) is 22.3. The maximum absolute atomic E-state index is 14.5. The second-order valence-electron chi connectivity index (χ2n) is 7.43. The first kappa shape index (κ1) is 21.0. The van der Waals surface area contributed by atoms with E-state index in [4.69, 9.17) is 10.8 Å². The lowest BCUT2D eigenvalue weighted by atomic mass is 10.1. The third kappa shape index (κ3) is 4.03. The van der Waals surface area contributed by atoms with Crippen molar-refractivity contribution in [1.82, 2.24) is 18.8 Å². The van der Waals surface area contributed by atoms with E-state index in [1.54, 1.807) is 6.07 Å². The molecule has 1 amide bonds. The fourth-order valence-electron chi connectivity index (χ4n) is 3.96. The molecule has 10 nitrogen and oxygen atoms in total. The molecular formula is C19H21FN6O4S. The average molecular weight is 448 g/mol. The number of amides is 1. The summed E-state index contributed by atoms with van der Waals surface area (Å²) in [6.45, 7) is 0.784. The van der Waals surface area contributed by atoms with Crippen molar-refractivity contribution in [3.63, 3.8) is 0 Å². The van der Waals surface area contributed by atoms with E-state index in [0.717, 1.165) is 0 Å². The Morgan fingerprint density at radius 3 is 2.61 bits per heavy atom. The van der Waals surface area contributed by atoms with Crippen LogP contribution in [0.5, 0.6) is 0 Å². The molecule has 0 atom stereocenters. The molecule has 1 aliphatic rings. The molecule has 164 valence electrons. The number of hydrogen-bond acceptors (Lipinski definition) is 6. The van der Waals surface area contributed by atoms with Crippen molar-refractivity contribution >= 4 is 38.7 Å². The monoisotopic (exact) mass is 448 g/mol. The predicted molar refractivity (Wildman–Crippen MR) is 114 cm³/mol. The summed E-state index contributed by atoms with van der Waals surface area (Å²) in [6.07, 6.45) is 4.19. The number of aromatic nitrogens is 3. The number of carboxylic acid groups (broad SMARTS) is 1. The first-order valence-corrected chi connectivity index (χ1v) is 11.4. The number of nitrogens with zero attached hydrogens (tertiary/aromatic N) is 4. The van der Waals surface area contributed by atoms with E-state index >= 15 is 0 Å². The van der Waals surface area contributed by atoms with Gasteiger partial charge in [0, 0.05) is 30.9 Å². The zero-order valence-corrected chi connectivity index (χ0v) is 17.4. The second-order valence-corrected chi connectivity index (χ2v) is 9.41. The maximum Gasteiger partial charge on any atom is 0.409 e. The summed E-state index contributed by atoms with van der Waals surface area (Å²) in [7, 11) is -3.25. The number of halogens is 1. The Bertz CT molecular complexity index is 1270. The van der Waals surface area contributed by atoms with Gasteiger partial charge in [0.1, 0.15) is 23.6 Å². The SMILES string of the molecule is CS(=O)(=O)N1CCC(n2cc(-c3ccc(NC(=O)O)c(F)c3)c3c(N)ncnc32)CC1. The van der Waals surface area contributed by atoms with Crippen molar-refractivity contribution < 1.29 is 22.7 Å². The predicted octanol–water partition coefficient (Wildman–Crippen LogP) is 2.51. The Hall–Kier alpha value is -3.25. The molecule has 1 aromatic carbocycles. The van der Waals surface area contributed by atoms with Crippen molar-refractivity contribution in [2.75, 3.05) is 30.4 Å². The minimum absolute atomic E-state index is 0.0126. The molecule has 4 N–H and O–H groups in total. The van der Waals surface area contributed by atoms with Crippen molar-refractivity contribution in [2.45, 2.75) is 18.9 Å². The van der Waals surface area contributed by atoms with Crippen LogP contribution in [-0.4, -0.2) is 57.8 Å². The molecule has 0 radical (unpaired) electrons. The summed E-state index contributed by atoms with van der Waals surface area (Å²) in [5, 5.41) is 11.4. The number of anilines is 2. The van der Waals surface area contributed by atoms with Gasteiger partial charge < -0.3 is 15.4 Å². The Balaban J connectivity index is 1.75. The second kappa shape index (κ2) is 7.78. The first-order valence-electron chi connectivity index (χ1n) is 9.51. The molecule has 2 aromatic heterocycles. The summed E-state index contributed by atoms with van der Waals surface area (Å²) in [5.41, 5.74) is 7.64. The first-order chi connectivity index (χ1) is 14.6. The number of rotatable bonds is 4. The molecule has 0 spiro atoms. The molecule has 0 unspecified atom stereocenters. The van der Waals surface area contributed by atoms with Crippen LogP contribution in [0.3, 0.4) is 0 Å². The Morgan fingerprint density at radius 2 is 2.00 bits per heavy atom. The van der Waals surface area contributed by atoms with E-state index < -0.39 is 21.9 Å². The molecule has 1 fully saturated rings. The lowest BCUT2D eigenvalue weighted by Crippen LogP contribution is -2.38. The number of nitrogen functional groups attached to an aromatic ring is 1. The minimum atomic E-state index is -3.25. The average Bonchev–Trinajstić information content (AvgIpc) is 3.10. The van der Waals surface area contributed by atoms with Gasteiger partial charge in [-0.15, -0.1) is 0 Å². The van der Waals surface area contributed by atoms with Crippen LogP contribution >= 0.6 is 0 Å². The van der Waals surface area contributed by atoms with Crippen LogP contribution < -0.4 is 11.1 Å². The number of sulfonamides is 1. The normalized spacial score (nSPS) is 15.9. The van der Waals surface area contributed by atoms with Gasteiger partial charge in [-0.3, -0.25) is 5.32 Å². The highest BCUT2D eigenvalue weighted by Crippen LogP contribution is 2.37. The van der Waals surface area contributed by atoms with Gasteiger partial charge in [-0.2, -0.15) is 0 Å². The van der Waals surface area contributed by atoms with Crippen LogP contribution in [0.15, 0.2) is 30.7 Å². The Morgan fingerprint density at radius 1 is 1.29 bits per heavy atom. The molecule has 1 saturated heterocycles. The van der Waals surface area contributed by atoms with E-state index in [0.29, 0.717) is 48.1 Å². The number of carbonyl (C=O) groups is 1. The van der Waals surface area contributed by atoms with Gasteiger partial charge in [0.25, 0.3) is 0 Å². The molecule has 3 aromatic rings. The molecule has 0 bridgehead atoms. The molecule has 4 rings (SSSR count). The number of benzene rings is 1. The Kier molecular flexibility index (Phi) is 5.27. The number of nitrogens with one attached hydrogen (secondary N) is 1. The number of fused-ring (bicyclic) bond motifs is 1. The van der Waals surface area contributed by atoms with Crippen molar-refractivity contribution in [2.24, 2.45) is 0 Å². The number of nitrogens with two attached hydrogens (primary N) is 1. The topological polar surface area (TPSA) is 143 Å². The highest BCUT2D eigenvalue weighted by atomic mass is 32.2. The summed E-state index contributed by atoms with van der Waals surface area (Å²) in [5.74, 6) is -0.488. The largest absolute Gasteiger partial charge is 0.465 e. The van der Waals surface area contributed by atoms with Crippen molar-refractivity contribution in [3.05, 3.63) is 36.5 Å². The number of piperidine rings is 1. The fraction of sp³-hybridized carbons (Fsp3) is 0.316. The number of hydrogen-bond donors (Lipinski definition) is 3. The van der Waals surface area contributed by atoms with Crippen molar-refractivity contribution in [3.8, 4) is 11.1 Å². The summed E-state index contributed by atoms with van der Waals surface area (Å²) in [4.78, 5) is 19.2. The molecule has 12 heteroatoms. The Labute approximate surface area is 177 Å². The van der Waals surface area contributed by atoms with Gasteiger partial charge in [-0.25, -0.2) is 31.9 Å². The fourth-order valence-corrected chi connectivity index (χ4v) is 4.83. The third-order valence-electron chi connectivity index (χ3n) is 5.45. The van der Waals surface area contributed by atoms with E-state index in [-0.39, 0.29) is 17.5 Å². The third-order valence-corrected chi connectivity index (χ3v) is 6.75. The molecule has 31 heavy (non-hydrogen) atoms. The highest BCUT2D eigenvalue weighted by molar-refractivity contribution is 7.88. The molecule has 0 saturated carbocycles. The van der Waals surface area contributed by atoms with E-state index in [2.05, 4.69) is 9.97 Å². The van der Waals surface area contributed by atoms with Gasteiger partial charge in [-0.05, 0) is 30.5 Å². The van der Waals surface area contributed by atoms with Crippen LogP contribution in [0, 0.1) is 5.82 Å². The molecule has 3 heterocycles.